The Morgan fingerprint density at radius 3 is 2.78 bits per heavy atom. The van der Waals surface area contributed by atoms with Gasteiger partial charge in [0.2, 0.25) is 5.91 Å². The molecule has 1 amide bonds. The maximum atomic E-state index is 10.7. The predicted octanol–water partition coefficient (Wildman–Crippen LogP) is -0.489. The van der Waals surface area contributed by atoms with Gasteiger partial charge in [-0.25, -0.2) is 5.01 Å². The van der Waals surface area contributed by atoms with Crippen molar-refractivity contribution in [1.29, 1.82) is 0 Å². The highest BCUT2D eigenvalue weighted by atomic mass is 16.2. The number of amidine groups is 1. The molecule has 0 bridgehead atoms. The third-order valence-corrected chi connectivity index (χ3v) is 1.23. The summed E-state index contributed by atoms with van der Waals surface area (Å²) in [5.41, 5.74) is 5.34. The highest BCUT2D eigenvalue weighted by Crippen LogP contribution is 2.02. The first-order valence-electron chi connectivity index (χ1n) is 2.79. The normalized spacial score (nSPS) is 19.9. The van der Waals surface area contributed by atoms with Crippen molar-refractivity contribution in [3.63, 3.8) is 0 Å². The molecule has 1 heterocycles. The quantitative estimate of drug-likeness (QED) is 0.477. The van der Waals surface area contributed by atoms with E-state index in [4.69, 9.17) is 5.73 Å². The summed E-state index contributed by atoms with van der Waals surface area (Å²) in [6, 6.07) is 0. The van der Waals surface area contributed by atoms with Crippen LogP contribution in [0, 0.1) is 0 Å². The lowest BCUT2D eigenvalue weighted by molar-refractivity contribution is -0.130. The van der Waals surface area contributed by atoms with Crippen molar-refractivity contribution < 1.29 is 4.79 Å². The SMILES string of the molecule is CN1N=C(N)CCC1=O. The Labute approximate surface area is 53.3 Å². The van der Waals surface area contributed by atoms with E-state index in [1.807, 2.05) is 0 Å². The number of carbonyl (C=O) groups excluding carboxylic acids is 1. The van der Waals surface area contributed by atoms with Crippen molar-refractivity contribution in [3.8, 4) is 0 Å². The largest absolute Gasteiger partial charge is 0.386 e. The van der Waals surface area contributed by atoms with E-state index in [0.717, 1.165) is 0 Å². The molecule has 0 aliphatic carbocycles. The van der Waals surface area contributed by atoms with Gasteiger partial charge in [-0.15, -0.1) is 0 Å². The summed E-state index contributed by atoms with van der Waals surface area (Å²) in [5.74, 6) is 0.571. The van der Waals surface area contributed by atoms with Gasteiger partial charge in [-0.05, 0) is 0 Å². The Morgan fingerprint density at radius 2 is 2.33 bits per heavy atom. The van der Waals surface area contributed by atoms with Crippen LogP contribution in [0.1, 0.15) is 12.8 Å². The molecule has 1 rings (SSSR count). The summed E-state index contributed by atoms with van der Waals surface area (Å²) in [6.07, 6.45) is 1.09. The maximum absolute atomic E-state index is 10.7. The lowest BCUT2D eigenvalue weighted by atomic mass is 10.2. The molecule has 4 nitrogen and oxygen atoms in total. The molecule has 0 spiro atoms. The highest BCUT2D eigenvalue weighted by Gasteiger charge is 2.13. The zero-order valence-electron chi connectivity index (χ0n) is 5.29. The van der Waals surface area contributed by atoms with Gasteiger partial charge in [0.15, 0.2) is 0 Å². The molecule has 0 aromatic rings. The third kappa shape index (κ3) is 1.19. The Bertz CT molecular complexity index is 164. The molecule has 0 aromatic carbocycles. The van der Waals surface area contributed by atoms with Crippen molar-refractivity contribution in [1.82, 2.24) is 5.01 Å². The summed E-state index contributed by atoms with van der Waals surface area (Å²) in [7, 11) is 1.61. The molecule has 2 N–H and O–H groups in total. The minimum atomic E-state index is 0.0317. The molecule has 0 atom stereocenters. The van der Waals surface area contributed by atoms with E-state index >= 15 is 0 Å². The molecule has 0 unspecified atom stereocenters. The summed E-state index contributed by atoms with van der Waals surface area (Å²) in [5, 5.41) is 5.02. The molecule has 0 radical (unpaired) electrons. The van der Waals surface area contributed by atoms with Gasteiger partial charge in [0, 0.05) is 19.9 Å². The van der Waals surface area contributed by atoms with Crippen LogP contribution in [0.15, 0.2) is 5.10 Å². The van der Waals surface area contributed by atoms with Crippen molar-refractivity contribution in [3.05, 3.63) is 0 Å². The average Bonchev–Trinajstić information content (AvgIpc) is 1.80. The van der Waals surface area contributed by atoms with E-state index in [1.165, 1.54) is 5.01 Å². The monoisotopic (exact) mass is 127 g/mol. The standard InChI is InChI=1S/C5H9N3O/c1-8-5(9)3-2-4(6)7-8/h2-3H2,1H3,(H2,6,7). The number of hydrogen-bond donors (Lipinski definition) is 1. The molecule has 0 saturated carbocycles. The fourth-order valence-electron chi connectivity index (χ4n) is 0.695. The molecule has 4 heteroatoms. The van der Waals surface area contributed by atoms with Gasteiger partial charge >= 0.3 is 0 Å². The second-order valence-corrected chi connectivity index (χ2v) is 2.01. The first-order chi connectivity index (χ1) is 4.20. The number of amides is 1. The Morgan fingerprint density at radius 1 is 1.67 bits per heavy atom. The first-order valence-corrected chi connectivity index (χ1v) is 2.79. The van der Waals surface area contributed by atoms with Gasteiger partial charge in [-0.2, -0.15) is 5.10 Å². The fourth-order valence-corrected chi connectivity index (χ4v) is 0.695. The van der Waals surface area contributed by atoms with E-state index in [9.17, 15) is 4.79 Å². The maximum Gasteiger partial charge on any atom is 0.242 e. The lowest BCUT2D eigenvalue weighted by Gasteiger charge is -2.16. The lowest BCUT2D eigenvalue weighted by Crippen LogP contribution is -2.31. The van der Waals surface area contributed by atoms with Crippen LogP contribution in [0.25, 0.3) is 0 Å². The Kier molecular flexibility index (Phi) is 1.38. The number of rotatable bonds is 0. The summed E-state index contributed by atoms with van der Waals surface area (Å²) >= 11 is 0. The van der Waals surface area contributed by atoms with Crippen molar-refractivity contribution in [2.75, 3.05) is 7.05 Å². The van der Waals surface area contributed by atoms with Gasteiger partial charge in [0.1, 0.15) is 5.84 Å². The second-order valence-electron chi connectivity index (χ2n) is 2.01. The fraction of sp³-hybridized carbons (Fsp3) is 0.600. The van der Waals surface area contributed by atoms with Gasteiger partial charge in [-0.3, -0.25) is 4.79 Å². The summed E-state index contributed by atoms with van der Waals surface area (Å²) in [6.45, 7) is 0. The van der Waals surface area contributed by atoms with Crippen LogP contribution < -0.4 is 5.73 Å². The van der Waals surface area contributed by atoms with E-state index in [-0.39, 0.29) is 5.91 Å². The van der Waals surface area contributed by atoms with Crippen LogP contribution in [-0.2, 0) is 4.79 Å². The molecule has 1 aliphatic rings. The van der Waals surface area contributed by atoms with Crippen LogP contribution in [-0.4, -0.2) is 23.8 Å². The smallest absolute Gasteiger partial charge is 0.242 e. The Hall–Kier alpha value is -1.06. The minimum absolute atomic E-state index is 0.0317. The highest BCUT2D eigenvalue weighted by molar-refractivity contribution is 5.89. The number of hydrogen-bond acceptors (Lipinski definition) is 3. The molecule has 0 saturated heterocycles. The van der Waals surface area contributed by atoms with Gasteiger partial charge in [0.25, 0.3) is 0 Å². The third-order valence-electron chi connectivity index (χ3n) is 1.23. The van der Waals surface area contributed by atoms with Crippen LogP contribution >= 0.6 is 0 Å². The second kappa shape index (κ2) is 2.05. The zero-order valence-corrected chi connectivity index (χ0v) is 5.29. The van der Waals surface area contributed by atoms with Crippen molar-refractivity contribution in [2.45, 2.75) is 12.8 Å². The molecular weight excluding hydrogens is 118 g/mol. The number of nitrogens with two attached hydrogens (primary N) is 1. The topological polar surface area (TPSA) is 58.7 Å². The van der Waals surface area contributed by atoms with Gasteiger partial charge < -0.3 is 5.73 Å². The van der Waals surface area contributed by atoms with E-state index < -0.39 is 0 Å². The summed E-state index contributed by atoms with van der Waals surface area (Å²) in [4.78, 5) is 10.7. The van der Waals surface area contributed by atoms with Crippen LogP contribution in [0.2, 0.25) is 0 Å². The van der Waals surface area contributed by atoms with Crippen molar-refractivity contribution >= 4 is 11.7 Å². The number of hydrazone groups is 1. The molecule has 0 aromatic heterocycles. The van der Waals surface area contributed by atoms with Crippen LogP contribution in [0.3, 0.4) is 0 Å². The summed E-state index contributed by atoms with van der Waals surface area (Å²) < 4.78 is 0. The van der Waals surface area contributed by atoms with Gasteiger partial charge in [0.05, 0.1) is 0 Å². The van der Waals surface area contributed by atoms with Crippen LogP contribution in [0.5, 0.6) is 0 Å². The number of carbonyl (C=O) groups is 1. The predicted molar refractivity (Wildman–Crippen MR) is 33.6 cm³/mol. The van der Waals surface area contributed by atoms with Crippen molar-refractivity contribution in [2.24, 2.45) is 10.8 Å². The van der Waals surface area contributed by atoms with E-state index in [1.54, 1.807) is 7.05 Å². The zero-order chi connectivity index (χ0) is 6.85. The first kappa shape index (κ1) is 6.07. The molecule has 9 heavy (non-hydrogen) atoms. The average molecular weight is 127 g/mol. The molecule has 50 valence electrons. The Balaban J connectivity index is 2.69. The van der Waals surface area contributed by atoms with E-state index in [2.05, 4.69) is 5.10 Å². The molecule has 0 fully saturated rings. The number of nitrogens with zero attached hydrogens (tertiary/aromatic N) is 2. The van der Waals surface area contributed by atoms with Gasteiger partial charge in [-0.1, -0.05) is 0 Å². The van der Waals surface area contributed by atoms with Crippen LogP contribution in [0.4, 0.5) is 0 Å². The minimum Gasteiger partial charge on any atom is -0.386 e. The van der Waals surface area contributed by atoms with E-state index in [0.29, 0.717) is 18.7 Å². The molecule has 1 aliphatic heterocycles. The molecular formula is C5H9N3O.